The van der Waals surface area contributed by atoms with Crippen molar-refractivity contribution in [2.24, 2.45) is 0 Å². The molecule has 1 amide bonds. The van der Waals surface area contributed by atoms with Gasteiger partial charge in [-0.3, -0.25) is 4.79 Å². The topological polar surface area (TPSA) is 81.6 Å². The lowest BCUT2D eigenvalue weighted by molar-refractivity contribution is -0.129. The highest BCUT2D eigenvalue weighted by atomic mass is 32.2. The molecule has 0 fully saturated rings. The molecule has 7 nitrogen and oxygen atoms in total. The average molecular weight is 456 g/mol. The Labute approximate surface area is 188 Å². The molecule has 0 unspecified atom stereocenters. The van der Waals surface area contributed by atoms with Crippen molar-refractivity contribution in [2.75, 3.05) is 12.9 Å². The van der Waals surface area contributed by atoms with Crippen LogP contribution in [0.25, 0.3) is 11.5 Å². The maximum absolute atomic E-state index is 13.0. The first-order chi connectivity index (χ1) is 15.1. The van der Waals surface area contributed by atoms with E-state index in [1.807, 2.05) is 36.4 Å². The van der Waals surface area contributed by atoms with E-state index in [0.29, 0.717) is 24.2 Å². The normalized spacial score (nSPS) is 10.9. The van der Waals surface area contributed by atoms with Crippen LogP contribution in [-0.4, -0.2) is 33.9 Å². The van der Waals surface area contributed by atoms with E-state index in [2.05, 4.69) is 29.3 Å². The van der Waals surface area contributed by atoms with Crippen LogP contribution in [-0.2, 0) is 17.9 Å². The predicted molar refractivity (Wildman–Crippen MR) is 119 cm³/mol. The largest absolute Gasteiger partial charge is 0.497 e. The molecule has 1 aromatic carbocycles. The Kier molecular flexibility index (Phi) is 6.73. The zero-order valence-electron chi connectivity index (χ0n) is 17.1. The van der Waals surface area contributed by atoms with Crippen molar-refractivity contribution in [3.05, 3.63) is 70.3 Å². The molecule has 0 atom stereocenters. The van der Waals surface area contributed by atoms with E-state index in [0.717, 1.165) is 22.0 Å². The summed E-state index contributed by atoms with van der Waals surface area (Å²) in [7, 11) is 1.61. The van der Waals surface area contributed by atoms with Gasteiger partial charge in [-0.2, -0.15) is 0 Å². The molecule has 160 valence electrons. The Hall–Kier alpha value is -3.04. The maximum Gasteiger partial charge on any atom is 0.277 e. The molecule has 0 radical (unpaired) electrons. The van der Waals surface area contributed by atoms with Crippen LogP contribution < -0.4 is 4.74 Å². The van der Waals surface area contributed by atoms with E-state index in [-0.39, 0.29) is 11.7 Å². The van der Waals surface area contributed by atoms with Crippen LogP contribution in [0.2, 0.25) is 0 Å². The molecule has 0 aliphatic heterocycles. The molecular formula is C22H21N3O4S2. The summed E-state index contributed by atoms with van der Waals surface area (Å²) in [6, 6.07) is 15.1. The van der Waals surface area contributed by atoms with Crippen LogP contribution in [0.4, 0.5) is 0 Å². The zero-order chi connectivity index (χ0) is 21.6. The predicted octanol–water partition coefficient (Wildman–Crippen LogP) is 5.03. The average Bonchev–Trinajstić information content (AvgIpc) is 3.54. The van der Waals surface area contributed by atoms with Crippen molar-refractivity contribution in [1.29, 1.82) is 0 Å². The Bertz CT molecular complexity index is 1120. The quantitative estimate of drug-likeness (QED) is 0.327. The van der Waals surface area contributed by atoms with Crippen LogP contribution >= 0.6 is 23.1 Å². The highest BCUT2D eigenvalue weighted by molar-refractivity contribution is 7.99. The highest BCUT2D eigenvalue weighted by Gasteiger charge is 2.19. The number of amides is 1. The number of benzene rings is 1. The molecule has 3 heterocycles. The second-order valence-electron chi connectivity index (χ2n) is 6.73. The van der Waals surface area contributed by atoms with E-state index < -0.39 is 0 Å². The monoisotopic (exact) mass is 455 g/mol. The first-order valence-electron chi connectivity index (χ1n) is 9.57. The number of aryl methyl sites for hydroxylation is 1. The Morgan fingerprint density at radius 2 is 1.97 bits per heavy atom. The van der Waals surface area contributed by atoms with Gasteiger partial charge >= 0.3 is 0 Å². The molecule has 0 N–H and O–H groups in total. The van der Waals surface area contributed by atoms with Gasteiger partial charge in [-0.1, -0.05) is 11.8 Å². The Balaban J connectivity index is 1.40. The lowest BCUT2D eigenvalue weighted by Crippen LogP contribution is -2.31. The van der Waals surface area contributed by atoms with E-state index >= 15 is 0 Å². The number of thioether (sulfide) groups is 1. The molecule has 0 spiro atoms. The molecule has 0 saturated heterocycles. The number of carbonyl (C=O) groups excluding carboxylic acids is 1. The Morgan fingerprint density at radius 3 is 2.65 bits per heavy atom. The number of furan rings is 1. The fourth-order valence-corrected chi connectivity index (χ4v) is 4.49. The summed E-state index contributed by atoms with van der Waals surface area (Å²) in [5.74, 6) is 2.05. The van der Waals surface area contributed by atoms with Crippen LogP contribution in [0, 0.1) is 6.92 Å². The summed E-state index contributed by atoms with van der Waals surface area (Å²) in [5.41, 5.74) is 0.791. The Morgan fingerprint density at radius 1 is 1.13 bits per heavy atom. The zero-order valence-corrected chi connectivity index (χ0v) is 18.7. The molecule has 9 heteroatoms. The van der Waals surface area contributed by atoms with Gasteiger partial charge < -0.3 is 18.5 Å². The first kappa shape index (κ1) is 21.2. The second-order valence-corrected chi connectivity index (χ2v) is 9.03. The van der Waals surface area contributed by atoms with Crippen molar-refractivity contribution in [1.82, 2.24) is 15.1 Å². The number of hydrogen-bond donors (Lipinski definition) is 0. The van der Waals surface area contributed by atoms with Crippen molar-refractivity contribution in [3.63, 3.8) is 0 Å². The third kappa shape index (κ3) is 5.56. The fourth-order valence-electron chi connectivity index (χ4n) is 2.91. The summed E-state index contributed by atoms with van der Waals surface area (Å²) >= 11 is 2.91. The van der Waals surface area contributed by atoms with Crippen LogP contribution in [0.1, 0.15) is 15.5 Å². The van der Waals surface area contributed by atoms with Crippen molar-refractivity contribution >= 4 is 29.0 Å². The number of aromatic nitrogens is 2. The minimum Gasteiger partial charge on any atom is -0.497 e. The summed E-state index contributed by atoms with van der Waals surface area (Å²) in [6.07, 6.45) is 1.61. The van der Waals surface area contributed by atoms with Crippen LogP contribution in [0.15, 0.2) is 68.9 Å². The number of hydrogen-bond acceptors (Lipinski definition) is 8. The molecule has 3 aromatic heterocycles. The molecule has 0 aliphatic carbocycles. The van der Waals surface area contributed by atoms with E-state index in [1.54, 1.807) is 29.6 Å². The van der Waals surface area contributed by atoms with E-state index in [9.17, 15) is 4.79 Å². The van der Waals surface area contributed by atoms with Gasteiger partial charge in [0.25, 0.3) is 5.22 Å². The summed E-state index contributed by atoms with van der Waals surface area (Å²) < 4.78 is 16.3. The summed E-state index contributed by atoms with van der Waals surface area (Å²) in [5, 5.41) is 8.49. The van der Waals surface area contributed by atoms with Crippen molar-refractivity contribution < 1.29 is 18.4 Å². The lowest BCUT2D eigenvalue weighted by Gasteiger charge is -2.20. The smallest absolute Gasteiger partial charge is 0.277 e. The number of thiophene rings is 1. The van der Waals surface area contributed by atoms with E-state index in [1.165, 1.54) is 16.6 Å². The number of carbonyl (C=O) groups is 1. The second kappa shape index (κ2) is 9.84. The number of methoxy groups -OCH3 is 1. The minimum atomic E-state index is -0.0309. The van der Waals surface area contributed by atoms with Gasteiger partial charge in [0, 0.05) is 15.3 Å². The third-order valence-electron chi connectivity index (χ3n) is 4.48. The lowest BCUT2D eigenvalue weighted by atomic mass is 10.2. The third-order valence-corrected chi connectivity index (χ3v) is 6.27. The van der Waals surface area contributed by atoms with Gasteiger partial charge in [-0.15, -0.1) is 21.5 Å². The standard InChI is InChI=1S/C22H21N3O4S2/c1-15-5-10-19(31-15)13-25(12-18-4-3-11-28-18)20(26)14-30-22-24-23-21(29-22)16-6-8-17(27-2)9-7-16/h3-11H,12-14H2,1-2H3. The van der Waals surface area contributed by atoms with Crippen molar-refractivity contribution in [3.8, 4) is 17.2 Å². The van der Waals surface area contributed by atoms with Gasteiger partial charge in [0.05, 0.1) is 32.2 Å². The van der Waals surface area contributed by atoms with Gasteiger partial charge in [-0.25, -0.2) is 0 Å². The van der Waals surface area contributed by atoms with Crippen LogP contribution in [0.3, 0.4) is 0 Å². The highest BCUT2D eigenvalue weighted by Crippen LogP contribution is 2.26. The molecule has 4 rings (SSSR count). The first-order valence-corrected chi connectivity index (χ1v) is 11.4. The van der Waals surface area contributed by atoms with Gasteiger partial charge in [-0.05, 0) is 55.5 Å². The molecule has 0 bridgehead atoms. The minimum absolute atomic E-state index is 0.0309. The molecular weight excluding hydrogens is 434 g/mol. The number of rotatable bonds is 9. The molecule has 4 aromatic rings. The van der Waals surface area contributed by atoms with Crippen LogP contribution in [0.5, 0.6) is 5.75 Å². The molecule has 0 aliphatic rings. The summed E-state index contributed by atoms with van der Waals surface area (Å²) in [6.45, 7) is 2.99. The molecule has 0 saturated carbocycles. The SMILES string of the molecule is COc1ccc(-c2nnc(SCC(=O)N(Cc3ccco3)Cc3ccc(C)s3)o2)cc1. The van der Waals surface area contributed by atoms with Crippen molar-refractivity contribution in [2.45, 2.75) is 25.2 Å². The van der Waals surface area contributed by atoms with E-state index in [4.69, 9.17) is 13.6 Å². The van der Waals surface area contributed by atoms with Gasteiger partial charge in [0.1, 0.15) is 11.5 Å². The number of nitrogens with zero attached hydrogens (tertiary/aromatic N) is 3. The number of ether oxygens (including phenoxy) is 1. The molecule has 31 heavy (non-hydrogen) atoms. The van der Waals surface area contributed by atoms with Gasteiger partial charge in [0.15, 0.2) is 0 Å². The summed E-state index contributed by atoms with van der Waals surface area (Å²) in [4.78, 5) is 17.1. The van der Waals surface area contributed by atoms with Gasteiger partial charge in [0.2, 0.25) is 11.8 Å². The maximum atomic E-state index is 13.0. The fraction of sp³-hybridized carbons (Fsp3) is 0.227.